The van der Waals surface area contributed by atoms with E-state index in [1.165, 1.54) is 43.7 Å². The van der Waals surface area contributed by atoms with Crippen molar-refractivity contribution in [2.24, 2.45) is 4.99 Å². The summed E-state index contributed by atoms with van der Waals surface area (Å²) < 4.78 is 17.3. The molecular formula is C39H36NO3P. The van der Waals surface area contributed by atoms with E-state index in [2.05, 4.69) is 109 Å². The number of rotatable bonds is 7. The predicted octanol–water partition coefficient (Wildman–Crippen LogP) is 6.86. The minimum absolute atomic E-state index is 0.0394. The summed E-state index contributed by atoms with van der Waals surface area (Å²) in [7, 11) is 2.64. The maximum Gasteiger partial charge on any atom is 0.217 e. The molecule has 0 aromatic heterocycles. The fourth-order valence-corrected chi connectivity index (χ4v) is 8.71. The van der Waals surface area contributed by atoms with Crippen molar-refractivity contribution in [2.75, 3.05) is 20.8 Å². The van der Waals surface area contributed by atoms with Gasteiger partial charge in [-0.3, -0.25) is 0 Å². The first-order valence-electron chi connectivity index (χ1n) is 15.3. The molecule has 0 saturated heterocycles. The van der Waals surface area contributed by atoms with Crippen molar-refractivity contribution in [3.8, 4) is 11.5 Å². The molecule has 4 nitrogen and oxygen atoms in total. The fourth-order valence-electron chi connectivity index (χ4n) is 6.20. The van der Waals surface area contributed by atoms with Gasteiger partial charge in [0.1, 0.15) is 24.1 Å². The average Bonchev–Trinajstić information content (AvgIpc) is 3.58. The van der Waals surface area contributed by atoms with Crippen LogP contribution in [0.3, 0.4) is 0 Å². The quantitative estimate of drug-likeness (QED) is 0.193. The summed E-state index contributed by atoms with van der Waals surface area (Å²) in [6, 6.07) is 41.8. The number of hydrogen-bond acceptors (Lipinski definition) is 4. The van der Waals surface area contributed by atoms with Gasteiger partial charge in [0, 0.05) is 5.56 Å². The number of methoxy groups -OCH3 is 2. The van der Waals surface area contributed by atoms with Crippen molar-refractivity contribution in [1.82, 2.24) is 0 Å². The third kappa shape index (κ3) is 5.87. The van der Waals surface area contributed by atoms with Crippen LogP contribution in [0.4, 0.5) is 0 Å². The van der Waals surface area contributed by atoms with Crippen molar-refractivity contribution in [1.29, 1.82) is 0 Å². The third-order valence-electron chi connectivity index (χ3n) is 8.66. The van der Waals surface area contributed by atoms with Crippen LogP contribution in [0.15, 0.2) is 120 Å². The van der Waals surface area contributed by atoms with Crippen molar-refractivity contribution >= 4 is 29.7 Å². The maximum atomic E-state index is 6.27. The Morgan fingerprint density at radius 2 is 1.23 bits per heavy atom. The van der Waals surface area contributed by atoms with Gasteiger partial charge in [-0.2, -0.15) is 0 Å². The number of ether oxygens (including phenoxy) is 3. The molecule has 1 aliphatic heterocycles. The molecule has 0 unspecified atom stereocenters. The highest BCUT2D eigenvalue weighted by atomic mass is 31.1. The van der Waals surface area contributed by atoms with Crippen LogP contribution >= 0.6 is 7.92 Å². The molecule has 5 aromatic carbocycles. The predicted molar refractivity (Wildman–Crippen MR) is 181 cm³/mol. The molecule has 0 amide bonds. The van der Waals surface area contributed by atoms with Gasteiger partial charge >= 0.3 is 0 Å². The first-order valence-corrected chi connectivity index (χ1v) is 16.6. The molecule has 5 aliphatic rings. The van der Waals surface area contributed by atoms with Gasteiger partial charge in [0.15, 0.2) is 0 Å². The molecule has 0 saturated carbocycles. The minimum Gasteiger partial charge on any atom is -0.497 e. The molecule has 5 aromatic rings. The Kier molecular flexibility index (Phi) is 8.18. The van der Waals surface area contributed by atoms with Crippen LogP contribution in [0.5, 0.6) is 11.5 Å². The average molecular weight is 598 g/mol. The lowest BCUT2D eigenvalue weighted by Crippen LogP contribution is -2.24. The van der Waals surface area contributed by atoms with Crippen molar-refractivity contribution < 1.29 is 14.2 Å². The maximum absolute atomic E-state index is 6.27. The molecule has 44 heavy (non-hydrogen) atoms. The van der Waals surface area contributed by atoms with Gasteiger partial charge < -0.3 is 14.2 Å². The summed E-state index contributed by atoms with van der Waals surface area (Å²) >= 11 is 0. The van der Waals surface area contributed by atoms with E-state index < -0.39 is 7.92 Å². The molecule has 0 N–H and O–H groups in total. The number of aliphatic imine (C=N–C) groups is 1. The zero-order valence-electron chi connectivity index (χ0n) is 25.2. The molecule has 220 valence electrons. The molecular weight excluding hydrogens is 561 g/mol. The summed E-state index contributed by atoms with van der Waals surface area (Å²) in [5, 5.41) is 4.03. The number of aryl methyl sites for hydroxylation is 4. The van der Waals surface area contributed by atoms with E-state index in [4.69, 9.17) is 19.2 Å². The van der Waals surface area contributed by atoms with Gasteiger partial charge in [-0.1, -0.05) is 84.9 Å². The summed E-state index contributed by atoms with van der Waals surface area (Å²) in [4.78, 5) is 5.07. The van der Waals surface area contributed by atoms with Gasteiger partial charge in [-0.15, -0.1) is 0 Å². The van der Waals surface area contributed by atoms with Crippen LogP contribution < -0.4 is 25.4 Å². The lowest BCUT2D eigenvalue weighted by molar-refractivity contribution is 0.319. The second kappa shape index (κ2) is 12.7. The number of nitrogens with zero attached hydrogens (tertiary/aromatic N) is 1. The highest BCUT2D eigenvalue weighted by Gasteiger charge is 2.25. The summed E-state index contributed by atoms with van der Waals surface area (Å²) in [6.07, 6.45) is 3.78. The van der Waals surface area contributed by atoms with E-state index in [1.54, 1.807) is 14.2 Å². The Bertz CT molecular complexity index is 1730. The SMILES string of the molecule is COc1ccc(P(c2ccc(OC)cc2)c2cc3ccc2CCc2ccc(cc2C2=N[C@H](c4ccccc4)CO2)CC3)cc1. The van der Waals surface area contributed by atoms with Crippen molar-refractivity contribution in [2.45, 2.75) is 31.7 Å². The fraction of sp³-hybridized carbons (Fsp3) is 0.205. The summed E-state index contributed by atoms with van der Waals surface area (Å²) in [6.45, 7) is 0.585. The van der Waals surface area contributed by atoms with E-state index in [0.29, 0.717) is 6.61 Å². The van der Waals surface area contributed by atoms with Crippen LogP contribution in [-0.4, -0.2) is 26.7 Å². The Hall–Kier alpha value is -4.40. The van der Waals surface area contributed by atoms with Crippen LogP contribution in [0.1, 0.15) is 39.4 Å². The molecule has 0 fully saturated rings. The van der Waals surface area contributed by atoms with Crippen LogP contribution in [0, 0.1) is 0 Å². The van der Waals surface area contributed by atoms with Gasteiger partial charge in [-0.05, 0) is 108 Å². The molecule has 4 bridgehead atoms. The highest BCUT2D eigenvalue weighted by Crippen LogP contribution is 2.37. The smallest absolute Gasteiger partial charge is 0.217 e. The monoisotopic (exact) mass is 597 g/mol. The normalized spacial score (nSPS) is 15.8. The van der Waals surface area contributed by atoms with Gasteiger partial charge in [0.05, 0.1) is 14.2 Å². The summed E-state index contributed by atoms with van der Waals surface area (Å²) in [5.74, 6) is 2.52. The lowest BCUT2D eigenvalue weighted by Gasteiger charge is -2.24. The summed E-state index contributed by atoms with van der Waals surface area (Å²) in [5.41, 5.74) is 7.70. The van der Waals surface area contributed by atoms with Gasteiger partial charge in [0.25, 0.3) is 0 Å². The topological polar surface area (TPSA) is 40.0 Å². The molecule has 4 aliphatic carbocycles. The van der Waals surface area contributed by atoms with E-state index >= 15 is 0 Å². The molecule has 0 spiro atoms. The first kappa shape index (κ1) is 28.4. The molecule has 1 atom stereocenters. The number of benzene rings is 5. The van der Waals surface area contributed by atoms with Crippen LogP contribution in [0.2, 0.25) is 0 Å². The first-order chi connectivity index (χ1) is 21.7. The van der Waals surface area contributed by atoms with E-state index in [-0.39, 0.29) is 6.04 Å². The van der Waals surface area contributed by atoms with Gasteiger partial charge in [0.2, 0.25) is 5.90 Å². The number of hydrogen-bond donors (Lipinski definition) is 0. The Balaban J connectivity index is 1.27. The molecule has 10 rings (SSSR count). The van der Waals surface area contributed by atoms with E-state index in [9.17, 15) is 0 Å². The molecule has 5 heteroatoms. The van der Waals surface area contributed by atoms with Crippen LogP contribution in [0.25, 0.3) is 0 Å². The largest absolute Gasteiger partial charge is 0.497 e. The standard InChI is InChI=1S/C39H36NO3P/c1-41-32-16-20-34(21-17-32)44(35-22-18-33(42-2)19-23-35)38-25-28-9-8-27-10-12-29(14-15-31(38)13-11-28)36(24-27)39-40-37(26-43-39)30-6-4-3-5-7-30/h3-7,10-13,16-25,37H,8-9,14-15,26H2,1-2H3/t37-/m0/s1. The van der Waals surface area contributed by atoms with Gasteiger partial charge in [-0.25, -0.2) is 4.99 Å². The van der Waals surface area contributed by atoms with E-state index in [1.807, 2.05) is 6.07 Å². The zero-order chi connectivity index (χ0) is 29.9. The van der Waals surface area contributed by atoms with E-state index in [0.717, 1.165) is 48.6 Å². The van der Waals surface area contributed by atoms with Crippen molar-refractivity contribution in [3.63, 3.8) is 0 Å². The highest BCUT2D eigenvalue weighted by molar-refractivity contribution is 7.79. The second-order valence-electron chi connectivity index (χ2n) is 11.4. The second-order valence-corrected chi connectivity index (χ2v) is 13.5. The van der Waals surface area contributed by atoms with Crippen LogP contribution in [-0.2, 0) is 30.4 Å². The molecule has 0 radical (unpaired) electrons. The Morgan fingerprint density at radius 1 is 0.636 bits per heavy atom. The molecule has 1 heterocycles. The lowest BCUT2D eigenvalue weighted by atomic mass is 9.93. The minimum atomic E-state index is -0.798. The van der Waals surface area contributed by atoms with Crippen molar-refractivity contribution in [3.05, 3.63) is 149 Å². The Labute approximate surface area is 261 Å². The third-order valence-corrected chi connectivity index (χ3v) is 11.2. The Morgan fingerprint density at radius 3 is 1.86 bits per heavy atom. The zero-order valence-corrected chi connectivity index (χ0v) is 26.1.